The van der Waals surface area contributed by atoms with Gasteiger partial charge in [-0.3, -0.25) is 4.79 Å². The van der Waals surface area contributed by atoms with E-state index in [1.165, 1.54) is 6.92 Å². The van der Waals surface area contributed by atoms with Crippen LogP contribution in [-0.2, 0) is 4.79 Å². The minimum atomic E-state index is -0.364. The van der Waals surface area contributed by atoms with Gasteiger partial charge in [0.1, 0.15) is 0 Å². The number of anilines is 2. The Hall–Kier alpha value is -2.05. The minimum Gasteiger partial charge on any atom is -0.331 e. The smallest absolute Gasteiger partial charge is 0.319 e. The molecule has 7 heteroatoms. The molecule has 24 heavy (non-hydrogen) atoms. The maximum Gasteiger partial charge on any atom is 0.319 e. The van der Waals surface area contributed by atoms with Crippen LogP contribution < -0.4 is 16.0 Å². The van der Waals surface area contributed by atoms with Crippen molar-refractivity contribution in [2.45, 2.75) is 19.9 Å². The third-order valence-corrected chi connectivity index (χ3v) is 4.04. The largest absolute Gasteiger partial charge is 0.331 e. The monoisotopic (exact) mass is 409 g/mol. The van der Waals surface area contributed by atoms with E-state index in [-0.39, 0.29) is 18.0 Å². The highest BCUT2D eigenvalue weighted by atomic mass is 79.9. The predicted molar refractivity (Wildman–Crippen MR) is 100 cm³/mol. The fourth-order valence-electron chi connectivity index (χ4n) is 2.11. The lowest BCUT2D eigenvalue weighted by molar-refractivity contribution is -0.114. The zero-order valence-electron chi connectivity index (χ0n) is 13.2. The molecule has 126 valence electrons. The summed E-state index contributed by atoms with van der Waals surface area (Å²) in [6.45, 7) is 3.31. The molecule has 0 aliphatic heterocycles. The first-order chi connectivity index (χ1) is 11.3. The number of amides is 3. The molecule has 0 aromatic heterocycles. The van der Waals surface area contributed by atoms with Gasteiger partial charge >= 0.3 is 6.03 Å². The van der Waals surface area contributed by atoms with Crippen LogP contribution in [0, 0.1) is 0 Å². The second-order valence-corrected chi connectivity index (χ2v) is 6.57. The van der Waals surface area contributed by atoms with Gasteiger partial charge < -0.3 is 16.0 Å². The summed E-state index contributed by atoms with van der Waals surface area (Å²) in [6, 6.07) is 12.1. The molecule has 0 saturated heterocycles. The molecule has 0 bridgehead atoms. The van der Waals surface area contributed by atoms with Crippen LogP contribution in [0.1, 0.15) is 25.5 Å². The van der Waals surface area contributed by atoms with Crippen LogP contribution in [0.5, 0.6) is 0 Å². The highest BCUT2D eigenvalue weighted by molar-refractivity contribution is 9.10. The van der Waals surface area contributed by atoms with Crippen molar-refractivity contribution >= 4 is 50.8 Å². The Morgan fingerprint density at radius 1 is 1.12 bits per heavy atom. The predicted octanol–water partition coefficient (Wildman–Crippen LogP) is 4.94. The van der Waals surface area contributed by atoms with Crippen molar-refractivity contribution in [3.05, 3.63) is 57.5 Å². The molecule has 0 saturated carbocycles. The molecule has 1 unspecified atom stereocenters. The summed E-state index contributed by atoms with van der Waals surface area (Å²) in [5.74, 6) is -0.188. The van der Waals surface area contributed by atoms with Gasteiger partial charge in [0.25, 0.3) is 0 Å². The summed E-state index contributed by atoms with van der Waals surface area (Å²) >= 11 is 9.54. The lowest BCUT2D eigenvalue weighted by Gasteiger charge is -2.16. The Morgan fingerprint density at radius 2 is 1.88 bits per heavy atom. The van der Waals surface area contributed by atoms with Gasteiger partial charge in [0.2, 0.25) is 5.91 Å². The average molecular weight is 411 g/mol. The van der Waals surface area contributed by atoms with E-state index in [9.17, 15) is 9.59 Å². The second kappa shape index (κ2) is 8.17. The van der Waals surface area contributed by atoms with E-state index in [1.54, 1.807) is 18.2 Å². The minimum absolute atomic E-state index is 0.167. The van der Waals surface area contributed by atoms with Crippen LogP contribution in [-0.4, -0.2) is 11.9 Å². The van der Waals surface area contributed by atoms with Gasteiger partial charge in [-0.25, -0.2) is 4.79 Å². The molecule has 3 amide bonds. The Labute approximate surface area is 153 Å². The number of hydrogen-bond acceptors (Lipinski definition) is 2. The zero-order valence-corrected chi connectivity index (χ0v) is 15.5. The van der Waals surface area contributed by atoms with Gasteiger partial charge in [-0.1, -0.05) is 39.7 Å². The Morgan fingerprint density at radius 3 is 2.50 bits per heavy atom. The summed E-state index contributed by atoms with van der Waals surface area (Å²) in [5, 5.41) is 8.51. The number of halogens is 2. The van der Waals surface area contributed by atoms with Gasteiger partial charge in [0.05, 0.1) is 16.8 Å². The van der Waals surface area contributed by atoms with Gasteiger partial charge in [0, 0.05) is 17.1 Å². The molecular weight excluding hydrogens is 394 g/mol. The molecule has 0 radical (unpaired) electrons. The molecule has 0 spiro atoms. The lowest BCUT2D eigenvalue weighted by Crippen LogP contribution is -2.31. The van der Waals surface area contributed by atoms with E-state index in [0.717, 1.165) is 10.0 Å². The van der Waals surface area contributed by atoms with Crippen molar-refractivity contribution in [2.75, 3.05) is 10.6 Å². The topological polar surface area (TPSA) is 70.2 Å². The average Bonchev–Trinajstić information content (AvgIpc) is 2.49. The summed E-state index contributed by atoms with van der Waals surface area (Å²) in [4.78, 5) is 23.2. The van der Waals surface area contributed by atoms with Crippen LogP contribution in [0.15, 0.2) is 46.9 Å². The van der Waals surface area contributed by atoms with Crippen LogP contribution in [0.2, 0.25) is 5.02 Å². The van der Waals surface area contributed by atoms with Crippen LogP contribution in [0.3, 0.4) is 0 Å². The molecule has 1 atom stereocenters. The normalized spacial score (nSPS) is 11.5. The standard InChI is InChI=1S/C17H17BrClN3O2/c1-10(12-4-3-5-13(18)8-12)20-17(24)22-16-7-6-14(9-15(16)19)21-11(2)23/h3-10H,1-2H3,(H,21,23)(H2,20,22,24). The number of rotatable bonds is 4. The first kappa shape index (κ1) is 18.3. The fourth-order valence-corrected chi connectivity index (χ4v) is 2.76. The number of urea groups is 1. The van der Waals surface area contributed by atoms with E-state index < -0.39 is 0 Å². The molecule has 0 aliphatic carbocycles. The van der Waals surface area contributed by atoms with Crippen molar-refractivity contribution in [1.29, 1.82) is 0 Å². The van der Waals surface area contributed by atoms with E-state index >= 15 is 0 Å². The lowest BCUT2D eigenvalue weighted by atomic mass is 10.1. The van der Waals surface area contributed by atoms with E-state index in [4.69, 9.17) is 11.6 Å². The molecule has 2 aromatic rings. The first-order valence-corrected chi connectivity index (χ1v) is 8.42. The second-order valence-electron chi connectivity index (χ2n) is 5.25. The molecule has 0 heterocycles. The third-order valence-electron chi connectivity index (χ3n) is 3.23. The molecule has 5 nitrogen and oxygen atoms in total. The molecule has 2 aromatic carbocycles. The van der Waals surface area contributed by atoms with Crippen molar-refractivity contribution in [2.24, 2.45) is 0 Å². The zero-order chi connectivity index (χ0) is 17.7. The van der Waals surface area contributed by atoms with Crippen LogP contribution >= 0.6 is 27.5 Å². The number of nitrogens with one attached hydrogen (secondary N) is 3. The van der Waals surface area contributed by atoms with Crippen molar-refractivity contribution in [3.8, 4) is 0 Å². The Balaban J connectivity index is 2.00. The van der Waals surface area contributed by atoms with Gasteiger partial charge in [-0.2, -0.15) is 0 Å². The fraction of sp³-hybridized carbons (Fsp3) is 0.176. The quantitative estimate of drug-likeness (QED) is 0.668. The summed E-state index contributed by atoms with van der Waals surface area (Å²) in [7, 11) is 0. The number of carbonyl (C=O) groups excluding carboxylic acids is 2. The van der Waals surface area contributed by atoms with Crippen molar-refractivity contribution in [1.82, 2.24) is 5.32 Å². The van der Waals surface area contributed by atoms with E-state index in [2.05, 4.69) is 31.9 Å². The highest BCUT2D eigenvalue weighted by Crippen LogP contribution is 2.26. The summed E-state index contributed by atoms with van der Waals surface area (Å²) in [5.41, 5.74) is 2.01. The number of benzene rings is 2. The summed E-state index contributed by atoms with van der Waals surface area (Å²) in [6.07, 6.45) is 0. The molecule has 0 aliphatic rings. The van der Waals surface area contributed by atoms with Gasteiger partial charge in [-0.05, 0) is 42.8 Å². The highest BCUT2D eigenvalue weighted by Gasteiger charge is 2.11. The van der Waals surface area contributed by atoms with Crippen molar-refractivity contribution in [3.63, 3.8) is 0 Å². The van der Waals surface area contributed by atoms with Crippen LogP contribution in [0.25, 0.3) is 0 Å². The molecule has 3 N–H and O–H groups in total. The van der Waals surface area contributed by atoms with Gasteiger partial charge in [0.15, 0.2) is 0 Å². The number of hydrogen-bond donors (Lipinski definition) is 3. The number of carbonyl (C=O) groups is 2. The molecule has 0 fully saturated rings. The van der Waals surface area contributed by atoms with Crippen molar-refractivity contribution < 1.29 is 9.59 Å². The van der Waals surface area contributed by atoms with E-state index in [0.29, 0.717) is 16.4 Å². The SMILES string of the molecule is CC(=O)Nc1ccc(NC(=O)NC(C)c2cccc(Br)c2)c(Cl)c1. The Bertz CT molecular complexity index is 767. The Kier molecular flexibility index (Phi) is 6.23. The molecule has 2 rings (SSSR count). The first-order valence-electron chi connectivity index (χ1n) is 7.25. The van der Waals surface area contributed by atoms with E-state index in [1.807, 2.05) is 31.2 Å². The summed E-state index contributed by atoms with van der Waals surface area (Å²) < 4.78 is 0.950. The van der Waals surface area contributed by atoms with Crippen LogP contribution in [0.4, 0.5) is 16.2 Å². The maximum absolute atomic E-state index is 12.1. The maximum atomic E-state index is 12.1. The third kappa shape index (κ3) is 5.25. The van der Waals surface area contributed by atoms with Gasteiger partial charge in [-0.15, -0.1) is 0 Å². The molecular formula is C17H17BrClN3O2.